The molecule has 4 N–H and O–H groups in total. The molecule has 0 aliphatic heterocycles. The number of aliphatic hydroxyl groups excluding tert-OH is 3. The number of rotatable bonds is 2. The molecule has 3 rings (SSSR count). The topological polar surface area (TPSA) is 80.9 Å². The molecule has 0 spiro atoms. The van der Waals surface area contributed by atoms with Gasteiger partial charge in [-0.1, -0.05) is 34.1 Å². The molecule has 0 aromatic rings. The van der Waals surface area contributed by atoms with Crippen LogP contribution >= 0.6 is 0 Å². The van der Waals surface area contributed by atoms with Crippen molar-refractivity contribution >= 4 is 0 Å². The molecule has 24 heavy (non-hydrogen) atoms. The van der Waals surface area contributed by atoms with Gasteiger partial charge in [0.05, 0.1) is 12.2 Å². The molecule has 0 amide bonds. The van der Waals surface area contributed by atoms with Crippen LogP contribution in [0.25, 0.3) is 0 Å². The molecular weight excluding hydrogens is 304 g/mol. The molecule has 4 heteroatoms. The Balaban J connectivity index is 2.05. The molecule has 0 bridgehead atoms. The molecule has 138 valence electrons. The van der Waals surface area contributed by atoms with Crippen molar-refractivity contribution in [2.75, 3.05) is 6.61 Å². The van der Waals surface area contributed by atoms with Gasteiger partial charge in [0, 0.05) is 6.61 Å². The number of hydrogen-bond donors (Lipinski definition) is 4. The largest absolute Gasteiger partial charge is 0.396 e. The van der Waals surface area contributed by atoms with E-state index in [1.165, 1.54) is 0 Å². The van der Waals surface area contributed by atoms with Gasteiger partial charge in [0.15, 0.2) is 0 Å². The molecule has 0 radical (unpaired) electrons. The quantitative estimate of drug-likeness (QED) is 0.582. The van der Waals surface area contributed by atoms with E-state index < -0.39 is 17.8 Å². The summed E-state index contributed by atoms with van der Waals surface area (Å²) in [6.45, 7) is 8.36. The third-order valence-corrected chi connectivity index (χ3v) is 7.82. The van der Waals surface area contributed by atoms with E-state index in [1.54, 1.807) is 6.08 Å². The predicted octanol–water partition coefficient (Wildman–Crippen LogP) is 2.25. The van der Waals surface area contributed by atoms with Crippen LogP contribution in [0, 0.1) is 28.6 Å². The minimum atomic E-state index is -1.26. The second kappa shape index (κ2) is 5.80. The molecule has 4 nitrogen and oxygen atoms in total. The zero-order valence-corrected chi connectivity index (χ0v) is 15.5. The van der Waals surface area contributed by atoms with Crippen LogP contribution < -0.4 is 0 Å². The van der Waals surface area contributed by atoms with Crippen LogP contribution in [0.15, 0.2) is 11.6 Å². The lowest BCUT2D eigenvalue weighted by molar-refractivity contribution is -0.144. The molecule has 0 heterocycles. The number of aliphatic hydroxyl groups is 4. The summed E-state index contributed by atoms with van der Waals surface area (Å²) in [6, 6.07) is 0. The van der Waals surface area contributed by atoms with Gasteiger partial charge in [-0.05, 0) is 65.9 Å². The highest BCUT2D eigenvalue weighted by atomic mass is 16.3. The van der Waals surface area contributed by atoms with Gasteiger partial charge in [0.2, 0.25) is 0 Å². The van der Waals surface area contributed by atoms with Crippen molar-refractivity contribution < 1.29 is 20.4 Å². The van der Waals surface area contributed by atoms with Gasteiger partial charge in [-0.15, -0.1) is 0 Å². The molecular formula is C20H34O4. The fraction of sp³-hybridized carbons (Fsp3) is 0.900. The number of hydrogen-bond acceptors (Lipinski definition) is 4. The van der Waals surface area contributed by atoms with Crippen molar-refractivity contribution in [3.63, 3.8) is 0 Å². The van der Waals surface area contributed by atoms with Gasteiger partial charge >= 0.3 is 0 Å². The summed E-state index contributed by atoms with van der Waals surface area (Å²) >= 11 is 0. The minimum absolute atomic E-state index is 0.0416. The molecule has 0 aromatic carbocycles. The number of fused-ring (bicyclic) bond motifs is 3. The molecule has 2 saturated carbocycles. The van der Waals surface area contributed by atoms with E-state index in [1.807, 2.05) is 13.8 Å². The lowest BCUT2D eigenvalue weighted by Crippen LogP contribution is -2.59. The van der Waals surface area contributed by atoms with Crippen LogP contribution in [0.3, 0.4) is 0 Å². The molecule has 3 aliphatic carbocycles. The fourth-order valence-corrected chi connectivity index (χ4v) is 6.08. The van der Waals surface area contributed by atoms with Crippen LogP contribution in [0.2, 0.25) is 0 Å². The SMILES string of the molecule is CC(C)[C@]1(O)C=C2[C@H](O)C[C@H]3[C@](C)(CO)CCC[C@]3(C)[C@H]2C[C@@H]1O. The predicted molar refractivity (Wildman–Crippen MR) is 93.2 cm³/mol. The van der Waals surface area contributed by atoms with Gasteiger partial charge in [-0.3, -0.25) is 0 Å². The molecule has 0 saturated heterocycles. The smallest absolute Gasteiger partial charge is 0.111 e. The average molecular weight is 338 g/mol. The first kappa shape index (κ1) is 18.4. The van der Waals surface area contributed by atoms with E-state index in [-0.39, 0.29) is 35.2 Å². The maximum Gasteiger partial charge on any atom is 0.111 e. The van der Waals surface area contributed by atoms with Crippen molar-refractivity contribution in [1.29, 1.82) is 0 Å². The zero-order chi connectivity index (χ0) is 17.9. The first-order valence-corrected chi connectivity index (χ1v) is 9.50. The van der Waals surface area contributed by atoms with E-state index in [4.69, 9.17) is 0 Å². The minimum Gasteiger partial charge on any atom is -0.396 e. The summed E-state index contributed by atoms with van der Waals surface area (Å²) in [7, 11) is 0. The van der Waals surface area contributed by atoms with Gasteiger partial charge in [-0.25, -0.2) is 0 Å². The summed E-state index contributed by atoms with van der Waals surface area (Å²) in [6.07, 6.45) is 4.61. The normalized spacial score (nSPS) is 51.8. The standard InChI is InChI=1S/C20H34O4/c1-12(2)20(24)10-13-14(8-17(20)23)19(4)7-5-6-18(3,11-21)16(19)9-15(13)22/h10,12,14-17,21-24H,5-9,11H2,1-4H3/t14-,15+,16-,17-,18-,19+,20+/m0/s1. The van der Waals surface area contributed by atoms with E-state index in [9.17, 15) is 20.4 Å². The second-order valence-electron chi connectivity index (χ2n) is 9.47. The zero-order valence-electron chi connectivity index (χ0n) is 15.5. The Bertz CT molecular complexity index is 530. The van der Waals surface area contributed by atoms with Crippen molar-refractivity contribution in [1.82, 2.24) is 0 Å². The van der Waals surface area contributed by atoms with Crippen molar-refractivity contribution in [2.24, 2.45) is 28.6 Å². The highest BCUT2D eigenvalue weighted by Crippen LogP contribution is 2.63. The Morgan fingerprint density at radius 2 is 1.83 bits per heavy atom. The van der Waals surface area contributed by atoms with E-state index in [2.05, 4.69) is 13.8 Å². The summed E-state index contributed by atoms with van der Waals surface area (Å²) < 4.78 is 0. The van der Waals surface area contributed by atoms with Gasteiger partial charge in [0.25, 0.3) is 0 Å². The molecule has 7 atom stereocenters. The Kier molecular flexibility index (Phi) is 4.44. The highest BCUT2D eigenvalue weighted by molar-refractivity contribution is 5.31. The first-order valence-electron chi connectivity index (χ1n) is 9.50. The van der Waals surface area contributed by atoms with Crippen LogP contribution in [0.4, 0.5) is 0 Å². The first-order chi connectivity index (χ1) is 11.1. The van der Waals surface area contributed by atoms with E-state index in [0.29, 0.717) is 12.8 Å². The fourth-order valence-electron chi connectivity index (χ4n) is 6.08. The van der Waals surface area contributed by atoms with E-state index in [0.717, 1.165) is 24.8 Å². The van der Waals surface area contributed by atoms with Crippen molar-refractivity contribution in [3.05, 3.63) is 11.6 Å². The second-order valence-corrected chi connectivity index (χ2v) is 9.47. The summed E-state index contributed by atoms with van der Waals surface area (Å²) in [5.41, 5.74) is -0.557. The van der Waals surface area contributed by atoms with Crippen LogP contribution in [-0.4, -0.2) is 44.8 Å². The van der Waals surface area contributed by atoms with Crippen LogP contribution in [0.1, 0.15) is 59.8 Å². The Labute approximate surface area is 145 Å². The maximum atomic E-state index is 10.9. The van der Waals surface area contributed by atoms with Crippen molar-refractivity contribution in [2.45, 2.75) is 77.6 Å². The van der Waals surface area contributed by atoms with Crippen LogP contribution in [0.5, 0.6) is 0 Å². The lowest BCUT2D eigenvalue weighted by atomic mass is 9.45. The molecule has 0 unspecified atom stereocenters. The molecule has 2 fully saturated rings. The lowest BCUT2D eigenvalue weighted by Gasteiger charge is -2.61. The van der Waals surface area contributed by atoms with Gasteiger partial charge in [0.1, 0.15) is 5.60 Å². The summed E-state index contributed by atoms with van der Waals surface area (Å²) in [5.74, 6) is 0.206. The Morgan fingerprint density at radius 1 is 1.17 bits per heavy atom. The molecule has 3 aliphatic rings. The average Bonchev–Trinajstić information content (AvgIpc) is 2.52. The highest BCUT2D eigenvalue weighted by Gasteiger charge is 2.59. The monoisotopic (exact) mass is 338 g/mol. The van der Waals surface area contributed by atoms with Gasteiger partial charge in [-0.2, -0.15) is 0 Å². The molecule has 0 aromatic heterocycles. The summed E-state index contributed by atoms with van der Waals surface area (Å²) in [4.78, 5) is 0. The maximum absolute atomic E-state index is 10.9. The third kappa shape index (κ3) is 2.41. The summed E-state index contributed by atoms with van der Waals surface area (Å²) in [5, 5.41) is 42.5. The van der Waals surface area contributed by atoms with Crippen molar-refractivity contribution in [3.8, 4) is 0 Å². The van der Waals surface area contributed by atoms with E-state index >= 15 is 0 Å². The Morgan fingerprint density at radius 3 is 2.42 bits per heavy atom. The third-order valence-electron chi connectivity index (χ3n) is 7.82. The Hall–Kier alpha value is -0.420. The van der Waals surface area contributed by atoms with Gasteiger partial charge < -0.3 is 20.4 Å². The van der Waals surface area contributed by atoms with Crippen LogP contribution in [-0.2, 0) is 0 Å².